The van der Waals surface area contributed by atoms with Crippen LogP contribution in [0.25, 0.3) is 0 Å². The molecule has 0 fully saturated rings. The Morgan fingerprint density at radius 2 is 1.80 bits per heavy atom. The largest absolute Gasteiger partial charge is 0.462 e. The minimum Gasteiger partial charge on any atom is -0.462 e. The lowest BCUT2D eigenvalue weighted by atomic mass is 10.1. The van der Waals surface area contributed by atoms with Crippen molar-refractivity contribution >= 4 is 50.1 Å². The molecule has 0 aromatic carbocycles. The number of rotatable bonds is 9. The number of anilines is 1. The fourth-order valence-corrected chi connectivity index (χ4v) is 5.15. The van der Waals surface area contributed by atoms with E-state index < -0.39 is 22.0 Å². The first-order valence-corrected chi connectivity index (χ1v) is 12.1. The third-order valence-corrected chi connectivity index (χ3v) is 7.64. The van der Waals surface area contributed by atoms with E-state index in [0.717, 1.165) is 15.6 Å². The molecule has 2 rings (SSSR count). The molecule has 0 aliphatic carbocycles. The van der Waals surface area contributed by atoms with E-state index in [2.05, 4.69) is 4.98 Å². The van der Waals surface area contributed by atoms with Crippen LogP contribution in [-0.2, 0) is 25.2 Å². The van der Waals surface area contributed by atoms with Crippen molar-refractivity contribution in [3.8, 4) is 0 Å². The van der Waals surface area contributed by atoms with Gasteiger partial charge < -0.3 is 15.2 Å². The average molecular weight is 474 g/mol. The summed E-state index contributed by atoms with van der Waals surface area (Å²) in [6, 6.07) is 3.01. The van der Waals surface area contributed by atoms with Gasteiger partial charge in [-0.2, -0.15) is 0 Å². The minimum atomic E-state index is -3.58. The van der Waals surface area contributed by atoms with Crippen LogP contribution < -0.4 is 5.73 Å². The summed E-state index contributed by atoms with van der Waals surface area (Å²) in [7, 11) is -0.707. The smallest absolute Gasteiger partial charge is 0.348 e. The number of aromatic nitrogens is 1. The minimum absolute atomic E-state index is 0.0658. The van der Waals surface area contributed by atoms with Crippen molar-refractivity contribution in [2.24, 2.45) is 0 Å². The lowest BCUT2D eigenvalue weighted by Crippen LogP contribution is -2.22. The Labute approximate surface area is 183 Å². The molecule has 0 amide bonds. The Kier molecular flexibility index (Phi) is 8.24. The summed E-state index contributed by atoms with van der Waals surface area (Å²) in [6.07, 6.45) is 1.26. The molecule has 2 aromatic heterocycles. The van der Waals surface area contributed by atoms with Crippen LogP contribution >= 0.6 is 23.1 Å². The molecule has 164 valence electrons. The Balaban J connectivity index is 2.32. The predicted molar refractivity (Wildman–Crippen MR) is 115 cm³/mol. The second-order valence-corrected chi connectivity index (χ2v) is 10.2. The number of esters is 2. The molecule has 0 aliphatic rings. The maximum atomic E-state index is 12.4. The molecule has 0 radical (unpaired) electrons. The van der Waals surface area contributed by atoms with Crippen LogP contribution in [0.2, 0.25) is 0 Å². The first-order valence-electron chi connectivity index (χ1n) is 8.90. The Morgan fingerprint density at radius 1 is 1.17 bits per heavy atom. The van der Waals surface area contributed by atoms with Gasteiger partial charge in [-0.25, -0.2) is 27.3 Å². The van der Waals surface area contributed by atoms with Crippen molar-refractivity contribution in [3.63, 3.8) is 0 Å². The van der Waals surface area contributed by atoms with Crippen LogP contribution in [0.3, 0.4) is 0 Å². The van der Waals surface area contributed by atoms with Crippen LogP contribution in [0.15, 0.2) is 28.3 Å². The zero-order valence-corrected chi connectivity index (χ0v) is 19.4. The van der Waals surface area contributed by atoms with Gasteiger partial charge in [0.1, 0.15) is 14.8 Å². The van der Waals surface area contributed by atoms with Gasteiger partial charge in [0, 0.05) is 31.6 Å². The van der Waals surface area contributed by atoms with E-state index in [0.29, 0.717) is 10.6 Å². The number of nitrogens with two attached hydrogens (primary N) is 1. The summed E-state index contributed by atoms with van der Waals surface area (Å²) in [5.74, 6) is -0.985. The monoisotopic (exact) mass is 473 g/mol. The van der Waals surface area contributed by atoms with E-state index in [1.807, 2.05) is 0 Å². The number of sulfonamides is 1. The Hall–Kier alpha value is -2.15. The summed E-state index contributed by atoms with van der Waals surface area (Å²) in [6.45, 7) is 3.71. The summed E-state index contributed by atoms with van der Waals surface area (Å²) in [4.78, 5) is 29.2. The van der Waals surface area contributed by atoms with Crippen LogP contribution in [0, 0.1) is 0 Å². The van der Waals surface area contributed by atoms with Crippen LogP contribution in [0.4, 0.5) is 5.00 Å². The predicted octanol–water partition coefficient (Wildman–Crippen LogP) is 2.62. The number of pyridine rings is 1. The maximum Gasteiger partial charge on any atom is 0.348 e. The average Bonchev–Trinajstić information content (AvgIpc) is 3.03. The molecule has 0 saturated heterocycles. The summed E-state index contributed by atoms with van der Waals surface area (Å²) in [5.41, 5.74) is 6.54. The van der Waals surface area contributed by atoms with Gasteiger partial charge in [-0.1, -0.05) is 0 Å². The quantitative estimate of drug-likeness (QED) is 0.431. The number of nitrogen functional groups attached to an aromatic ring is 1. The number of ether oxygens (including phenoxy) is 2. The van der Waals surface area contributed by atoms with Gasteiger partial charge in [-0.3, -0.25) is 0 Å². The molecular weight excluding hydrogens is 450 g/mol. The lowest BCUT2D eigenvalue weighted by molar-refractivity contribution is 0.0527. The molecule has 0 unspecified atom stereocenters. The van der Waals surface area contributed by atoms with Gasteiger partial charge in [-0.05, 0) is 26.0 Å². The normalized spacial score (nSPS) is 11.5. The highest BCUT2D eigenvalue weighted by atomic mass is 32.2. The van der Waals surface area contributed by atoms with Gasteiger partial charge in [0.25, 0.3) is 0 Å². The second-order valence-electron chi connectivity index (χ2n) is 6.00. The SMILES string of the molecule is CCOC(=O)c1sc(N)c(C(=O)OCC)c1CSc1ccc(S(=O)(=O)N(C)C)cn1. The molecule has 2 N–H and O–H groups in total. The van der Waals surface area contributed by atoms with E-state index in [4.69, 9.17) is 15.2 Å². The molecule has 0 aliphatic heterocycles. The zero-order valence-electron chi connectivity index (χ0n) is 17.0. The van der Waals surface area contributed by atoms with Crippen LogP contribution in [-0.4, -0.2) is 57.0 Å². The Morgan fingerprint density at radius 3 is 2.33 bits per heavy atom. The number of nitrogens with zero attached hydrogens (tertiary/aromatic N) is 2. The van der Waals surface area contributed by atoms with Gasteiger partial charge >= 0.3 is 11.9 Å². The van der Waals surface area contributed by atoms with Crippen molar-refractivity contribution in [3.05, 3.63) is 34.3 Å². The van der Waals surface area contributed by atoms with E-state index >= 15 is 0 Å². The number of thiophene rings is 1. The first kappa shape index (κ1) is 24.1. The third-order valence-electron chi connectivity index (χ3n) is 3.83. The van der Waals surface area contributed by atoms with Crippen molar-refractivity contribution in [2.45, 2.75) is 29.5 Å². The molecule has 9 nitrogen and oxygen atoms in total. The summed E-state index contributed by atoms with van der Waals surface area (Å²) < 4.78 is 35.5. The van der Waals surface area contributed by atoms with Gasteiger partial charge in [-0.15, -0.1) is 23.1 Å². The lowest BCUT2D eigenvalue weighted by Gasteiger charge is -2.11. The first-order chi connectivity index (χ1) is 14.1. The van der Waals surface area contributed by atoms with E-state index in [1.54, 1.807) is 19.9 Å². The van der Waals surface area contributed by atoms with Gasteiger partial charge in [0.2, 0.25) is 10.0 Å². The molecular formula is C18H23N3O6S3. The van der Waals surface area contributed by atoms with E-state index in [1.165, 1.54) is 38.1 Å². The van der Waals surface area contributed by atoms with Crippen molar-refractivity contribution in [1.82, 2.24) is 9.29 Å². The maximum absolute atomic E-state index is 12.4. The van der Waals surface area contributed by atoms with Crippen LogP contribution in [0.5, 0.6) is 0 Å². The number of thioether (sulfide) groups is 1. The number of hydrogen-bond donors (Lipinski definition) is 1. The highest BCUT2D eigenvalue weighted by Crippen LogP contribution is 2.36. The summed E-state index contributed by atoms with van der Waals surface area (Å²) >= 11 is 2.20. The van der Waals surface area contributed by atoms with Crippen molar-refractivity contribution in [1.29, 1.82) is 0 Å². The fraction of sp³-hybridized carbons (Fsp3) is 0.389. The molecule has 2 heterocycles. The van der Waals surface area contributed by atoms with Gasteiger partial charge in [0.15, 0.2) is 0 Å². The Bertz CT molecular complexity index is 1020. The van der Waals surface area contributed by atoms with Crippen LogP contribution in [0.1, 0.15) is 39.4 Å². The number of carbonyl (C=O) groups is 2. The highest BCUT2D eigenvalue weighted by Gasteiger charge is 2.28. The van der Waals surface area contributed by atoms with Gasteiger partial charge in [0.05, 0.1) is 23.8 Å². The fourth-order valence-electron chi connectivity index (χ4n) is 2.37. The highest BCUT2D eigenvalue weighted by molar-refractivity contribution is 7.98. The van der Waals surface area contributed by atoms with E-state index in [9.17, 15) is 18.0 Å². The number of carbonyl (C=O) groups excluding carboxylic acids is 2. The molecule has 0 atom stereocenters. The molecule has 0 spiro atoms. The van der Waals surface area contributed by atoms with Crippen molar-refractivity contribution in [2.75, 3.05) is 33.0 Å². The molecule has 0 saturated carbocycles. The summed E-state index contributed by atoms with van der Waals surface area (Å²) in [5, 5.41) is 0.689. The molecule has 2 aromatic rings. The zero-order chi connectivity index (χ0) is 22.5. The standard InChI is InChI=1S/C18H23N3O6S3/c1-5-26-17(22)14-12(15(29-16(14)19)18(23)27-6-2)10-28-13-8-7-11(9-20-13)30(24,25)21(3)4/h7-9H,5-6,10,19H2,1-4H3. The molecule has 12 heteroatoms. The van der Waals surface area contributed by atoms with E-state index in [-0.39, 0.29) is 39.3 Å². The number of hydrogen-bond acceptors (Lipinski definition) is 10. The molecule has 30 heavy (non-hydrogen) atoms. The molecule has 0 bridgehead atoms. The third kappa shape index (κ3) is 5.31. The topological polar surface area (TPSA) is 129 Å². The second kappa shape index (κ2) is 10.2. The van der Waals surface area contributed by atoms with Crippen molar-refractivity contribution < 1.29 is 27.5 Å².